The summed E-state index contributed by atoms with van der Waals surface area (Å²) in [5.74, 6) is -0.207. The lowest BCUT2D eigenvalue weighted by Crippen LogP contribution is -2.48. The predicted molar refractivity (Wildman–Crippen MR) is 89.0 cm³/mol. The molecular weight excluding hydrogens is 345 g/mol. The van der Waals surface area contributed by atoms with Gasteiger partial charge in [0, 0.05) is 29.9 Å². The summed E-state index contributed by atoms with van der Waals surface area (Å²) in [6.07, 6.45) is 0.867. The smallest absolute Gasteiger partial charge is 0.349 e. The van der Waals surface area contributed by atoms with Gasteiger partial charge in [-0.25, -0.2) is 4.68 Å². The van der Waals surface area contributed by atoms with Crippen LogP contribution in [0.5, 0.6) is 0 Å². The van der Waals surface area contributed by atoms with Gasteiger partial charge in [-0.1, -0.05) is 6.07 Å². The number of hydrogen-bond donors (Lipinski definition) is 2. The van der Waals surface area contributed by atoms with Gasteiger partial charge in [0.15, 0.2) is 5.69 Å². The first-order chi connectivity index (χ1) is 12.4. The van der Waals surface area contributed by atoms with E-state index in [0.717, 1.165) is 36.4 Å². The summed E-state index contributed by atoms with van der Waals surface area (Å²) in [5, 5.41) is 10.1. The molecule has 0 saturated carbocycles. The second-order valence-electron chi connectivity index (χ2n) is 6.97. The molecule has 5 nitrogen and oxygen atoms in total. The van der Waals surface area contributed by atoms with E-state index in [9.17, 15) is 18.0 Å². The van der Waals surface area contributed by atoms with Gasteiger partial charge in [0.05, 0.1) is 5.69 Å². The molecule has 2 bridgehead atoms. The van der Waals surface area contributed by atoms with Gasteiger partial charge in [0.2, 0.25) is 0 Å². The molecule has 2 saturated heterocycles. The molecule has 3 heterocycles. The molecule has 2 atom stereocenters. The number of carbonyl (C=O) groups excluding carboxylic acids is 1. The Hall–Kier alpha value is -2.35. The molecule has 2 unspecified atom stereocenters. The van der Waals surface area contributed by atoms with Crippen LogP contribution in [0.15, 0.2) is 36.5 Å². The number of alkyl halides is 3. The van der Waals surface area contributed by atoms with Crippen molar-refractivity contribution < 1.29 is 18.0 Å². The van der Waals surface area contributed by atoms with Crippen LogP contribution in [0.4, 0.5) is 13.2 Å². The first-order valence-corrected chi connectivity index (χ1v) is 8.69. The van der Waals surface area contributed by atoms with E-state index in [-0.39, 0.29) is 11.9 Å². The molecule has 0 spiro atoms. The lowest BCUT2D eigenvalue weighted by Gasteiger charge is -2.29. The normalized spacial score (nSPS) is 25.3. The molecule has 2 aliphatic heterocycles. The number of benzene rings is 1. The van der Waals surface area contributed by atoms with Gasteiger partial charge in [0.25, 0.3) is 5.91 Å². The van der Waals surface area contributed by atoms with Crippen LogP contribution in [0.1, 0.15) is 41.7 Å². The van der Waals surface area contributed by atoms with Crippen molar-refractivity contribution in [2.45, 2.75) is 50.0 Å². The lowest BCUT2D eigenvalue weighted by molar-refractivity contribution is -0.141. The average molecular weight is 364 g/mol. The third-order valence-corrected chi connectivity index (χ3v) is 5.06. The molecule has 1 amide bonds. The molecule has 2 aromatic rings. The summed E-state index contributed by atoms with van der Waals surface area (Å²) in [7, 11) is 0. The van der Waals surface area contributed by atoms with Gasteiger partial charge in [0.1, 0.15) is 0 Å². The van der Waals surface area contributed by atoms with Crippen molar-refractivity contribution in [3.63, 3.8) is 0 Å². The Morgan fingerprint density at radius 1 is 1.19 bits per heavy atom. The largest absolute Gasteiger partial charge is 0.435 e. The van der Waals surface area contributed by atoms with Crippen LogP contribution in [0.25, 0.3) is 5.69 Å². The number of rotatable bonds is 3. The number of amides is 1. The number of hydrogen-bond acceptors (Lipinski definition) is 3. The fraction of sp³-hybridized carbons (Fsp3) is 0.444. The minimum atomic E-state index is -4.49. The average Bonchev–Trinajstić information content (AvgIpc) is 3.22. The topological polar surface area (TPSA) is 59.0 Å². The van der Waals surface area contributed by atoms with Gasteiger partial charge in [-0.15, -0.1) is 0 Å². The summed E-state index contributed by atoms with van der Waals surface area (Å²) >= 11 is 0. The van der Waals surface area contributed by atoms with Crippen LogP contribution in [-0.4, -0.2) is 33.8 Å². The predicted octanol–water partition coefficient (Wildman–Crippen LogP) is 2.90. The molecule has 2 N–H and O–H groups in total. The van der Waals surface area contributed by atoms with Crippen molar-refractivity contribution in [3.05, 3.63) is 47.8 Å². The zero-order valence-electron chi connectivity index (χ0n) is 14.0. The van der Waals surface area contributed by atoms with E-state index < -0.39 is 11.9 Å². The van der Waals surface area contributed by atoms with Crippen LogP contribution in [0, 0.1) is 0 Å². The van der Waals surface area contributed by atoms with E-state index in [2.05, 4.69) is 15.7 Å². The highest BCUT2D eigenvalue weighted by Gasteiger charge is 2.35. The summed E-state index contributed by atoms with van der Waals surface area (Å²) < 4.78 is 39.3. The zero-order chi connectivity index (χ0) is 18.3. The number of piperidine rings is 1. The molecule has 138 valence electrons. The van der Waals surface area contributed by atoms with Crippen molar-refractivity contribution in [3.8, 4) is 5.69 Å². The highest BCUT2D eigenvalue weighted by Crippen LogP contribution is 2.28. The maximum atomic E-state index is 12.7. The van der Waals surface area contributed by atoms with E-state index in [1.165, 1.54) is 6.20 Å². The summed E-state index contributed by atoms with van der Waals surface area (Å²) in [4.78, 5) is 12.6. The third kappa shape index (κ3) is 3.46. The van der Waals surface area contributed by atoms with Crippen LogP contribution >= 0.6 is 0 Å². The summed E-state index contributed by atoms with van der Waals surface area (Å²) in [6, 6.07) is 8.45. The van der Waals surface area contributed by atoms with Gasteiger partial charge >= 0.3 is 6.18 Å². The molecule has 26 heavy (non-hydrogen) atoms. The zero-order valence-corrected chi connectivity index (χ0v) is 14.0. The van der Waals surface area contributed by atoms with Crippen molar-refractivity contribution in [2.75, 3.05) is 0 Å². The fourth-order valence-electron chi connectivity index (χ4n) is 3.85. The molecule has 4 rings (SSSR count). The molecule has 1 aromatic heterocycles. The number of nitrogens with one attached hydrogen (secondary N) is 2. The molecule has 8 heteroatoms. The Morgan fingerprint density at radius 3 is 2.58 bits per heavy atom. The lowest BCUT2D eigenvalue weighted by atomic mass is 9.99. The van der Waals surface area contributed by atoms with Crippen LogP contribution < -0.4 is 10.6 Å². The number of halogens is 3. The molecular formula is C18H19F3N4O. The van der Waals surface area contributed by atoms with Crippen molar-refractivity contribution in [2.24, 2.45) is 0 Å². The fourth-order valence-corrected chi connectivity index (χ4v) is 3.85. The van der Waals surface area contributed by atoms with Crippen molar-refractivity contribution in [1.29, 1.82) is 0 Å². The highest BCUT2D eigenvalue weighted by molar-refractivity contribution is 5.94. The van der Waals surface area contributed by atoms with Gasteiger partial charge in [-0.2, -0.15) is 18.3 Å². The van der Waals surface area contributed by atoms with Gasteiger partial charge < -0.3 is 10.6 Å². The first-order valence-electron chi connectivity index (χ1n) is 8.69. The van der Waals surface area contributed by atoms with Crippen molar-refractivity contribution in [1.82, 2.24) is 20.4 Å². The molecule has 0 aliphatic carbocycles. The Kier molecular flexibility index (Phi) is 4.22. The quantitative estimate of drug-likeness (QED) is 0.881. The maximum Gasteiger partial charge on any atom is 0.435 e. The SMILES string of the molecule is O=C(NC1CC2CCC(C1)N2)c1cccc(-n2ccc(C(F)(F)F)n2)c1. The Balaban J connectivity index is 1.48. The number of nitrogens with zero attached hydrogens (tertiary/aromatic N) is 2. The first kappa shape index (κ1) is 17.1. The van der Waals surface area contributed by atoms with E-state index >= 15 is 0 Å². The minimum absolute atomic E-state index is 0.131. The second kappa shape index (κ2) is 6.42. The Morgan fingerprint density at radius 2 is 1.92 bits per heavy atom. The van der Waals surface area contributed by atoms with E-state index in [4.69, 9.17) is 0 Å². The highest BCUT2D eigenvalue weighted by atomic mass is 19.4. The van der Waals surface area contributed by atoms with E-state index in [0.29, 0.717) is 23.3 Å². The maximum absolute atomic E-state index is 12.7. The Labute approximate surface area is 148 Å². The molecule has 0 radical (unpaired) electrons. The summed E-state index contributed by atoms with van der Waals surface area (Å²) in [6.45, 7) is 0. The Bertz CT molecular complexity index is 805. The van der Waals surface area contributed by atoms with Crippen molar-refractivity contribution >= 4 is 5.91 Å². The molecule has 2 fully saturated rings. The van der Waals surface area contributed by atoms with Crippen LogP contribution in [0.2, 0.25) is 0 Å². The van der Waals surface area contributed by atoms with Gasteiger partial charge in [-0.3, -0.25) is 4.79 Å². The minimum Gasteiger partial charge on any atom is -0.349 e. The van der Waals surface area contributed by atoms with Gasteiger partial charge in [-0.05, 0) is 49.9 Å². The number of carbonyl (C=O) groups is 1. The molecule has 1 aromatic carbocycles. The standard InChI is InChI=1S/C18H19F3N4O/c19-18(20,21)16-6-7-25(24-16)15-3-1-2-11(8-15)17(26)23-14-9-12-4-5-13(10-14)22-12/h1-3,6-8,12-14,22H,4-5,9-10H2,(H,23,26). The molecule has 2 aliphatic rings. The van der Waals surface area contributed by atoms with E-state index in [1.54, 1.807) is 24.3 Å². The van der Waals surface area contributed by atoms with E-state index in [1.807, 2.05) is 0 Å². The number of fused-ring (bicyclic) bond motifs is 2. The third-order valence-electron chi connectivity index (χ3n) is 5.06. The second-order valence-corrected chi connectivity index (χ2v) is 6.97. The van der Waals surface area contributed by atoms with Crippen LogP contribution in [-0.2, 0) is 6.18 Å². The van der Waals surface area contributed by atoms with Crippen LogP contribution in [0.3, 0.4) is 0 Å². The number of aromatic nitrogens is 2. The summed E-state index contributed by atoms with van der Waals surface area (Å²) in [5.41, 5.74) is -0.131. The monoisotopic (exact) mass is 364 g/mol.